The number of aromatic nitrogens is 1. The van der Waals surface area contributed by atoms with Gasteiger partial charge < -0.3 is 19.5 Å². The zero-order chi connectivity index (χ0) is 13.0. The zero-order valence-corrected chi connectivity index (χ0v) is 11.1. The van der Waals surface area contributed by atoms with Crippen molar-refractivity contribution in [2.75, 3.05) is 25.1 Å². The first-order chi connectivity index (χ1) is 8.59. The van der Waals surface area contributed by atoms with E-state index in [4.69, 9.17) is 14.2 Å². The van der Waals surface area contributed by atoms with E-state index in [2.05, 4.69) is 10.3 Å². The summed E-state index contributed by atoms with van der Waals surface area (Å²) in [5, 5.41) is 3.23. The largest absolute Gasteiger partial charge is 0.478 e. The molecule has 18 heavy (non-hydrogen) atoms. The van der Waals surface area contributed by atoms with E-state index in [9.17, 15) is 0 Å². The number of anilines is 1. The van der Waals surface area contributed by atoms with Crippen LogP contribution in [0.1, 0.15) is 20.8 Å². The summed E-state index contributed by atoms with van der Waals surface area (Å²) in [4.78, 5) is 4.33. The van der Waals surface area contributed by atoms with E-state index in [1.54, 1.807) is 0 Å². The van der Waals surface area contributed by atoms with Gasteiger partial charge in [-0.05, 0) is 26.8 Å². The highest BCUT2D eigenvalue weighted by molar-refractivity contribution is 5.37. The minimum Gasteiger partial charge on any atom is -0.478 e. The Hall–Kier alpha value is -1.33. The van der Waals surface area contributed by atoms with Crippen LogP contribution in [-0.4, -0.2) is 36.6 Å². The molecule has 1 atom stereocenters. The van der Waals surface area contributed by atoms with Gasteiger partial charge in [-0.2, -0.15) is 4.98 Å². The fraction of sp³-hybridized carbons (Fsp3) is 0.615. The summed E-state index contributed by atoms with van der Waals surface area (Å²) in [7, 11) is 0. The van der Waals surface area contributed by atoms with Crippen molar-refractivity contribution < 1.29 is 14.2 Å². The summed E-state index contributed by atoms with van der Waals surface area (Å²) in [6.45, 7) is 7.66. The molecule has 0 aromatic carbocycles. The lowest BCUT2D eigenvalue weighted by molar-refractivity contribution is -0.136. The first kappa shape index (κ1) is 13.1. The molecule has 1 N–H and O–H groups in total. The topological polar surface area (TPSA) is 52.6 Å². The fourth-order valence-corrected chi connectivity index (χ4v) is 1.82. The maximum atomic E-state index is 5.70. The maximum absolute atomic E-state index is 5.70. The van der Waals surface area contributed by atoms with Crippen molar-refractivity contribution in [3.63, 3.8) is 0 Å². The molecular weight excluding hydrogens is 232 g/mol. The molecule has 0 saturated carbocycles. The second-order valence-corrected chi connectivity index (χ2v) is 4.63. The van der Waals surface area contributed by atoms with Crippen LogP contribution in [0.25, 0.3) is 0 Å². The zero-order valence-electron chi connectivity index (χ0n) is 11.1. The average Bonchev–Trinajstić information content (AvgIpc) is 2.68. The molecule has 2 heterocycles. The number of ether oxygens (including phenoxy) is 3. The third-order valence-electron chi connectivity index (χ3n) is 2.59. The van der Waals surface area contributed by atoms with Gasteiger partial charge >= 0.3 is 0 Å². The SMILES string of the molecule is CCOc1cccc(NCC2COC(C)(C)O2)n1. The van der Waals surface area contributed by atoms with Crippen molar-refractivity contribution >= 4 is 5.82 Å². The summed E-state index contributed by atoms with van der Waals surface area (Å²) < 4.78 is 16.5. The van der Waals surface area contributed by atoms with Crippen LogP contribution in [-0.2, 0) is 9.47 Å². The Labute approximate surface area is 107 Å². The van der Waals surface area contributed by atoms with Crippen LogP contribution in [0.15, 0.2) is 18.2 Å². The van der Waals surface area contributed by atoms with Crippen molar-refractivity contribution in [3.8, 4) is 5.88 Å². The van der Waals surface area contributed by atoms with E-state index >= 15 is 0 Å². The number of pyridine rings is 1. The average molecular weight is 252 g/mol. The molecule has 1 saturated heterocycles. The Bertz CT molecular complexity index is 396. The molecule has 1 aromatic rings. The molecule has 0 spiro atoms. The van der Waals surface area contributed by atoms with E-state index in [1.807, 2.05) is 39.0 Å². The van der Waals surface area contributed by atoms with Crippen LogP contribution < -0.4 is 10.1 Å². The second-order valence-electron chi connectivity index (χ2n) is 4.63. The molecule has 5 heteroatoms. The molecule has 0 bridgehead atoms. The van der Waals surface area contributed by atoms with Crippen molar-refractivity contribution in [1.82, 2.24) is 4.98 Å². The van der Waals surface area contributed by atoms with Crippen LogP contribution in [0.5, 0.6) is 5.88 Å². The molecule has 5 nitrogen and oxygen atoms in total. The standard InChI is InChI=1S/C13H20N2O3/c1-4-16-12-7-5-6-11(15-12)14-8-10-9-17-13(2,3)18-10/h5-7,10H,4,8-9H2,1-3H3,(H,14,15). The van der Waals surface area contributed by atoms with Gasteiger partial charge in [0, 0.05) is 12.6 Å². The number of hydrogen-bond acceptors (Lipinski definition) is 5. The lowest BCUT2D eigenvalue weighted by atomic mass is 10.3. The molecule has 2 rings (SSSR count). The molecule has 1 aliphatic rings. The third kappa shape index (κ3) is 3.58. The first-order valence-corrected chi connectivity index (χ1v) is 6.24. The predicted molar refractivity (Wildman–Crippen MR) is 68.8 cm³/mol. The summed E-state index contributed by atoms with van der Waals surface area (Å²) >= 11 is 0. The Morgan fingerprint density at radius 1 is 1.50 bits per heavy atom. The molecular formula is C13H20N2O3. The van der Waals surface area contributed by atoms with Gasteiger partial charge in [0.15, 0.2) is 5.79 Å². The molecule has 0 radical (unpaired) electrons. The number of nitrogens with one attached hydrogen (secondary N) is 1. The maximum Gasteiger partial charge on any atom is 0.215 e. The van der Waals surface area contributed by atoms with Gasteiger partial charge in [0.1, 0.15) is 11.9 Å². The van der Waals surface area contributed by atoms with E-state index in [0.29, 0.717) is 25.6 Å². The Kier molecular flexibility index (Phi) is 4.04. The summed E-state index contributed by atoms with van der Waals surface area (Å²) in [6.07, 6.45) is 0.0533. The highest BCUT2D eigenvalue weighted by Gasteiger charge is 2.32. The molecule has 1 fully saturated rings. The van der Waals surface area contributed by atoms with Gasteiger partial charge in [-0.1, -0.05) is 6.07 Å². The number of hydrogen-bond donors (Lipinski definition) is 1. The van der Waals surface area contributed by atoms with Crippen LogP contribution >= 0.6 is 0 Å². The monoisotopic (exact) mass is 252 g/mol. The second kappa shape index (κ2) is 5.54. The van der Waals surface area contributed by atoms with Gasteiger partial charge in [0.05, 0.1) is 13.2 Å². The molecule has 0 amide bonds. The van der Waals surface area contributed by atoms with Crippen molar-refractivity contribution in [2.45, 2.75) is 32.7 Å². The van der Waals surface area contributed by atoms with E-state index < -0.39 is 5.79 Å². The Balaban J connectivity index is 1.85. The molecule has 1 aromatic heterocycles. The van der Waals surface area contributed by atoms with Crippen molar-refractivity contribution in [1.29, 1.82) is 0 Å². The van der Waals surface area contributed by atoms with Gasteiger partial charge in [0.2, 0.25) is 5.88 Å². The normalized spacial score (nSPS) is 21.8. The molecule has 0 aliphatic carbocycles. The molecule has 100 valence electrons. The van der Waals surface area contributed by atoms with E-state index in [0.717, 1.165) is 5.82 Å². The van der Waals surface area contributed by atoms with Gasteiger partial charge in [0.25, 0.3) is 0 Å². The van der Waals surface area contributed by atoms with Crippen molar-refractivity contribution in [2.24, 2.45) is 0 Å². The number of nitrogens with zero attached hydrogens (tertiary/aromatic N) is 1. The van der Waals surface area contributed by atoms with E-state index in [-0.39, 0.29) is 6.10 Å². The quantitative estimate of drug-likeness (QED) is 0.869. The first-order valence-electron chi connectivity index (χ1n) is 6.24. The summed E-state index contributed by atoms with van der Waals surface area (Å²) in [5.41, 5.74) is 0. The smallest absolute Gasteiger partial charge is 0.215 e. The highest BCUT2D eigenvalue weighted by Crippen LogP contribution is 2.22. The third-order valence-corrected chi connectivity index (χ3v) is 2.59. The predicted octanol–water partition coefficient (Wildman–Crippen LogP) is 2.04. The molecule has 1 aliphatic heterocycles. The van der Waals surface area contributed by atoms with Crippen LogP contribution in [0.4, 0.5) is 5.82 Å². The lowest BCUT2D eigenvalue weighted by Crippen LogP contribution is -2.26. The van der Waals surface area contributed by atoms with Gasteiger partial charge in [-0.25, -0.2) is 0 Å². The van der Waals surface area contributed by atoms with Crippen LogP contribution in [0.3, 0.4) is 0 Å². The minimum atomic E-state index is -0.479. The van der Waals surface area contributed by atoms with E-state index in [1.165, 1.54) is 0 Å². The van der Waals surface area contributed by atoms with Crippen molar-refractivity contribution in [3.05, 3.63) is 18.2 Å². The lowest BCUT2D eigenvalue weighted by Gasteiger charge is -2.17. The summed E-state index contributed by atoms with van der Waals surface area (Å²) in [5.74, 6) is 0.938. The Morgan fingerprint density at radius 3 is 3.00 bits per heavy atom. The van der Waals surface area contributed by atoms with Gasteiger partial charge in [-0.15, -0.1) is 0 Å². The van der Waals surface area contributed by atoms with Gasteiger partial charge in [-0.3, -0.25) is 0 Å². The number of rotatable bonds is 5. The summed E-state index contributed by atoms with van der Waals surface area (Å²) in [6, 6.07) is 5.66. The minimum absolute atomic E-state index is 0.0533. The van der Waals surface area contributed by atoms with Crippen LogP contribution in [0.2, 0.25) is 0 Å². The fourth-order valence-electron chi connectivity index (χ4n) is 1.82. The molecule has 1 unspecified atom stereocenters. The Morgan fingerprint density at radius 2 is 2.33 bits per heavy atom. The van der Waals surface area contributed by atoms with Crippen LogP contribution in [0, 0.1) is 0 Å². The highest BCUT2D eigenvalue weighted by atomic mass is 16.7.